The lowest BCUT2D eigenvalue weighted by molar-refractivity contribution is -0.117. The average molecular weight is 348 g/mol. The first-order valence-electron chi connectivity index (χ1n) is 7.10. The number of amides is 1. The third kappa shape index (κ3) is 6.53. The van der Waals surface area contributed by atoms with Crippen LogP contribution in [0.25, 0.3) is 0 Å². The molecule has 0 bridgehead atoms. The van der Waals surface area contributed by atoms with Crippen LogP contribution in [-0.2, 0) is 4.79 Å². The van der Waals surface area contributed by atoms with E-state index in [1.165, 1.54) is 0 Å². The fourth-order valence-electron chi connectivity index (χ4n) is 2.35. The number of anilines is 1. The van der Waals surface area contributed by atoms with Crippen LogP contribution in [0.3, 0.4) is 0 Å². The van der Waals surface area contributed by atoms with Crippen molar-refractivity contribution >= 4 is 35.6 Å². The first kappa shape index (κ1) is 21.2. The summed E-state index contributed by atoms with van der Waals surface area (Å²) in [6, 6.07) is 3.86. The zero-order valence-electron chi connectivity index (χ0n) is 14.0. The number of benzene rings is 1. The van der Waals surface area contributed by atoms with Gasteiger partial charge in [-0.2, -0.15) is 0 Å². The number of nitrogens with zero attached hydrogens (tertiary/aromatic N) is 1. The molecule has 0 saturated heterocycles. The standard InChI is InChI=1S/C16H26ClN3O.ClH/c1-11-6-12(2)15(13(17)7-11)19-14(21)8-20(5)10-16(3,4)9-18;/h6-7H,8-10,18H2,1-5H3,(H,19,21);1H. The van der Waals surface area contributed by atoms with Gasteiger partial charge >= 0.3 is 0 Å². The van der Waals surface area contributed by atoms with Crippen LogP contribution in [0.2, 0.25) is 5.02 Å². The zero-order valence-corrected chi connectivity index (χ0v) is 15.6. The normalized spacial score (nSPS) is 11.3. The van der Waals surface area contributed by atoms with E-state index in [9.17, 15) is 4.79 Å². The van der Waals surface area contributed by atoms with Gasteiger partial charge in [-0.05, 0) is 50.0 Å². The van der Waals surface area contributed by atoms with Crippen molar-refractivity contribution in [3.63, 3.8) is 0 Å². The molecule has 22 heavy (non-hydrogen) atoms. The molecule has 6 heteroatoms. The Morgan fingerprint density at radius 1 is 1.36 bits per heavy atom. The third-order valence-electron chi connectivity index (χ3n) is 3.36. The van der Waals surface area contributed by atoms with Crippen LogP contribution in [0.1, 0.15) is 25.0 Å². The lowest BCUT2D eigenvalue weighted by Crippen LogP contribution is -2.40. The third-order valence-corrected chi connectivity index (χ3v) is 3.66. The van der Waals surface area contributed by atoms with Gasteiger partial charge in [0.1, 0.15) is 0 Å². The number of nitrogens with two attached hydrogens (primary N) is 1. The molecule has 0 unspecified atom stereocenters. The fourth-order valence-corrected chi connectivity index (χ4v) is 2.72. The highest BCUT2D eigenvalue weighted by atomic mass is 35.5. The van der Waals surface area contributed by atoms with Crippen LogP contribution < -0.4 is 11.1 Å². The molecule has 0 aromatic heterocycles. The van der Waals surface area contributed by atoms with E-state index in [-0.39, 0.29) is 23.7 Å². The second-order valence-corrected chi connectivity index (χ2v) is 6.93. The fraction of sp³-hybridized carbons (Fsp3) is 0.562. The molecule has 0 saturated carbocycles. The van der Waals surface area contributed by atoms with Crippen LogP contribution in [0.4, 0.5) is 5.69 Å². The Morgan fingerprint density at radius 2 is 1.95 bits per heavy atom. The van der Waals surface area contributed by atoms with Crippen molar-refractivity contribution in [2.75, 3.05) is 32.0 Å². The van der Waals surface area contributed by atoms with Gasteiger partial charge in [-0.15, -0.1) is 12.4 Å². The number of likely N-dealkylation sites (N-methyl/N-ethyl adjacent to an activating group) is 1. The van der Waals surface area contributed by atoms with Crippen molar-refractivity contribution in [1.82, 2.24) is 4.90 Å². The summed E-state index contributed by atoms with van der Waals surface area (Å²) in [6.45, 7) is 9.75. The monoisotopic (exact) mass is 347 g/mol. The molecule has 1 amide bonds. The Kier molecular flexibility index (Phi) is 8.40. The van der Waals surface area contributed by atoms with Gasteiger partial charge in [0.25, 0.3) is 0 Å². The molecule has 0 spiro atoms. The molecule has 0 aliphatic rings. The summed E-state index contributed by atoms with van der Waals surface area (Å²) in [6.07, 6.45) is 0. The molecule has 0 heterocycles. The summed E-state index contributed by atoms with van der Waals surface area (Å²) >= 11 is 6.20. The van der Waals surface area contributed by atoms with Gasteiger partial charge in [-0.25, -0.2) is 0 Å². The molecule has 3 N–H and O–H groups in total. The number of rotatable bonds is 6. The Balaban J connectivity index is 0.00000441. The van der Waals surface area contributed by atoms with E-state index in [2.05, 4.69) is 19.2 Å². The minimum absolute atomic E-state index is 0. The largest absolute Gasteiger partial charge is 0.330 e. The maximum Gasteiger partial charge on any atom is 0.238 e. The Morgan fingerprint density at radius 3 is 2.45 bits per heavy atom. The van der Waals surface area contributed by atoms with Gasteiger partial charge in [-0.3, -0.25) is 9.69 Å². The Bertz CT molecular complexity index is 495. The summed E-state index contributed by atoms with van der Waals surface area (Å²) in [5, 5.41) is 3.47. The summed E-state index contributed by atoms with van der Waals surface area (Å²) in [7, 11) is 1.92. The van der Waals surface area contributed by atoms with Gasteiger partial charge in [0.15, 0.2) is 0 Å². The topological polar surface area (TPSA) is 58.4 Å². The summed E-state index contributed by atoms with van der Waals surface area (Å²) in [5.74, 6) is -0.0702. The molecule has 0 fully saturated rings. The zero-order chi connectivity index (χ0) is 16.2. The highest BCUT2D eigenvalue weighted by Crippen LogP contribution is 2.27. The maximum atomic E-state index is 12.1. The van der Waals surface area contributed by atoms with Gasteiger partial charge in [0.05, 0.1) is 17.3 Å². The molecule has 4 nitrogen and oxygen atoms in total. The first-order chi connectivity index (χ1) is 9.64. The summed E-state index contributed by atoms with van der Waals surface area (Å²) < 4.78 is 0. The smallest absolute Gasteiger partial charge is 0.238 e. The molecule has 1 aromatic carbocycles. The van der Waals surface area contributed by atoms with Crippen molar-refractivity contribution in [3.8, 4) is 0 Å². The van der Waals surface area contributed by atoms with E-state index >= 15 is 0 Å². The second kappa shape index (κ2) is 8.73. The Hall–Kier alpha value is -0.810. The minimum atomic E-state index is -0.0702. The number of hydrogen-bond acceptors (Lipinski definition) is 3. The van der Waals surface area contributed by atoms with E-state index in [1.807, 2.05) is 37.9 Å². The van der Waals surface area contributed by atoms with Crippen LogP contribution in [0, 0.1) is 19.3 Å². The molecule has 0 aliphatic heterocycles. The predicted molar refractivity (Wildman–Crippen MR) is 97.1 cm³/mol. The van der Waals surface area contributed by atoms with Crippen molar-refractivity contribution in [3.05, 3.63) is 28.3 Å². The number of hydrogen-bond donors (Lipinski definition) is 2. The molecule has 1 rings (SSSR count). The van der Waals surface area contributed by atoms with E-state index < -0.39 is 0 Å². The maximum absolute atomic E-state index is 12.1. The van der Waals surface area contributed by atoms with Crippen molar-refractivity contribution < 1.29 is 4.79 Å². The minimum Gasteiger partial charge on any atom is -0.330 e. The molecule has 126 valence electrons. The number of carbonyl (C=O) groups excluding carboxylic acids is 1. The van der Waals surface area contributed by atoms with E-state index in [0.29, 0.717) is 23.8 Å². The molecule has 0 aliphatic carbocycles. The molecule has 0 atom stereocenters. The predicted octanol–water partition coefficient (Wildman–Crippen LogP) is 3.23. The second-order valence-electron chi connectivity index (χ2n) is 6.53. The lowest BCUT2D eigenvalue weighted by atomic mass is 9.93. The van der Waals surface area contributed by atoms with E-state index in [0.717, 1.165) is 17.7 Å². The Labute approximate surface area is 144 Å². The number of carbonyl (C=O) groups is 1. The highest BCUT2D eigenvalue weighted by molar-refractivity contribution is 6.34. The summed E-state index contributed by atoms with van der Waals surface area (Å²) in [4.78, 5) is 14.1. The SMILES string of the molecule is Cc1cc(C)c(NC(=O)CN(C)CC(C)(C)CN)c(Cl)c1.Cl. The van der Waals surface area contributed by atoms with Gasteiger partial charge in [0.2, 0.25) is 5.91 Å². The van der Waals surface area contributed by atoms with Crippen molar-refractivity contribution in [1.29, 1.82) is 0 Å². The van der Waals surface area contributed by atoms with Crippen LogP contribution in [0.5, 0.6) is 0 Å². The van der Waals surface area contributed by atoms with E-state index in [1.54, 1.807) is 0 Å². The molecular formula is C16H27Cl2N3O. The van der Waals surface area contributed by atoms with Crippen LogP contribution >= 0.6 is 24.0 Å². The average Bonchev–Trinajstić information content (AvgIpc) is 2.32. The quantitative estimate of drug-likeness (QED) is 0.830. The van der Waals surface area contributed by atoms with Gasteiger partial charge in [-0.1, -0.05) is 31.5 Å². The van der Waals surface area contributed by atoms with Crippen molar-refractivity contribution in [2.45, 2.75) is 27.7 Å². The lowest BCUT2D eigenvalue weighted by Gasteiger charge is -2.28. The van der Waals surface area contributed by atoms with Gasteiger partial charge in [0, 0.05) is 6.54 Å². The number of nitrogens with one attached hydrogen (secondary N) is 1. The molecule has 1 aromatic rings. The van der Waals surface area contributed by atoms with E-state index in [4.69, 9.17) is 17.3 Å². The molecular weight excluding hydrogens is 321 g/mol. The molecule has 0 radical (unpaired) electrons. The highest BCUT2D eigenvalue weighted by Gasteiger charge is 2.20. The van der Waals surface area contributed by atoms with Crippen LogP contribution in [0.15, 0.2) is 12.1 Å². The number of aryl methyl sites for hydroxylation is 2. The van der Waals surface area contributed by atoms with Crippen LogP contribution in [-0.4, -0.2) is 37.5 Å². The summed E-state index contributed by atoms with van der Waals surface area (Å²) in [5.41, 5.74) is 8.46. The number of halogens is 2. The first-order valence-corrected chi connectivity index (χ1v) is 7.47. The van der Waals surface area contributed by atoms with Crippen molar-refractivity contribution in [2.24, 2.45) is 11.1 Å². The van der Waals surface area contributed by atoms with Gasteiger partial charge < -0.3 is 11.1 Å².